The summed E-state index contributed by atoms with van der Waals surface area (Å²) in [7, 11) is -3.48. The number of sulfone groups is 1. The van der Waals surface area contributed by atoms with Crippen molar-refractivity contribution in [3.63, 3.8) is 0 Å². The van der Waals surface area contributed by atoms with Crippen molar-refractivity contribution in [2.45, 2.75) is 54.6 Å². The normalized spacial score (nSPS) is 11.7. The Hall–Kier alpha value is -3.38. The van der Waals surface area contributed by atoms with Crippen molar-refractivity contribution >= 4 is 62.0 Å². The van der Waals surface area contributed by atoms with Crippen molar-refractivity contribution < 1.29 is 22.7 Å². The number of carbonyl (C=O) groups is 2. The summed E-state index contributed by atoms with van der Waals surface area (Å²) in [6.07, 6.45) is 0.793. The molecule has 0 bridgehead atoms. The zero-order valence-electron chi connectivity index (χ0n) is 24.6. The Labute approximate surface area is 271 Å². The van der Waals surface area contributed by atoms with Crippen LogP contribution in [0.3, 0.4) is 0 Å². The molecule has 3 N–H and O–H groups in total. The number of nitrogens with zero attached hydrogens (tertiary/aromatic N) is 1. The van der Waals surface area contributed by atoms with E-state index in [1.807, 2.05) is 18.2 Å². The monoisotopic (exact) mass is 671 g/mol. The van der Waals surface area contributed by atoms with Crippen LogP contribution in [0.2, 0.25) is 5.02 Å². The summed E-state index contributed by atoms with van der Waals surface area (Å²) in [6, 6.07) is 18.5. The van der Waals surface area contributed by atoms with Crippen molar-refractivity contribution in [1.82, 2.24) is 4.98 Å². The van der Waals surface area contributed by atoms with Crippen molar-refractivity contribution in [1.29, 1.82) is 0 Å². The molecule has 0 saturated heterocycles. The van der Waals surface area contributed by atoms with Crippen molar-refractivity contribution in [3.8, 4) is 5.75 Å². The first-order chi connectivity index (χ1) is 20.8. The molecule has 0 unspecified atom stereocenters. The first-order valence-electron chi connectivity index (χ1n) is 13.8. The number of benzene rings is 3. The van der Waals surface area contributed by atoms with E-state index in [1.54, 1.807) is 59.5 Å². The number of carbonyl (C=O) groups excluding carboxylic acids is 2. The molecule has 2 amide bonds. The summed E-state index contributed by atoms with van der Waals surface area (Å²) in [6.45, 7) is 6.04. The summed E-state index contributed by atoms with van der Waals surface area (Å²) in [5.41, 5.74) is 7.91. The van der Waals surface area contributed by atoms with Crippen LogP contribution >= 0.6 is 34.7 Å². The molecule has 232 valence electrons. The smallest absolute Gasteiger partial charge is 0.255 e. The van der Waals surface area contributed by atoms with Crippen LogP contribution in [0.15, 0.2) is 81.9 Å². The van der Waals surface area contributed by atoms with E-state index in [4.69, 9.17) is 27.1 Å². The number of nitrogens with two attached hydrogens (primary N) is 1. The lowest BCUT2D eigenvalue weighted by atomic mass is 9.93. The number of thioether (sulfide) groups is 1. The molecule has 8 nitrogen and oxygen atoms in total. The summed E-state index contributed by atoms with van der Waals surface area (Å²) >= 11 is 9.11. The van der Waals surface area contributed by atoms with E-state index in [0.29, 0.717) is 34.9 Å². The highest BCUT2D eigenvalue weighted by Gasteiger charge is 2.18. The lowest BCUT2D eigenvalue weighted by Crippen LogP contribution is -2.21. The van der Waals surface area contributed by atoms with Gasteiger partial charge in [0.1, 0.15) is 10.8 Å². The highest BCUT2D eigenvalue weighted by atomic mass is 35.5. The van der Waals surface area contributed by atoms with Crippen LogP contribution in [0.5, 0.6) is 5.75 Å². The Morgan fingerprint density at radius 2 is 1.82 bits per heavy atom. The fourth-order valence-corrected chi connectivity index (χ4v) is 7.55. The van der Waals surface area contributed by atoms with E-state index in [-0.39, 0.29) is 34.3 Å². The number of anilines is 1. The first-order valence-corrected chi connectivity index (χ1v) is 17.7. The summed E-state index contributed by atoms with van der Waals surface area (Å²) in [4.78, 5) is 30.6. The molecule has 0 atom stereocenters. The number of aromatic nitrogens is 1. The standard InChI is InChI=1S/C32H34ClN3O5S3/c1-32(2,3)28-19-43-30(36-28)20-42-24-8-4-7-22(17-24)31(38)35-26-16-21(9-14-27(26)41-18-29(34)37)6-5-15-44(39,40)25-12-10-23(33)11-13-25/h4,7-14,16-17,19H,5-6,15,18,20H2,1-3H3,(H2,34,37)(H,35,38). The first kappa shape index (κ1) is 33.5. The predicted molar refractivity (Wildman–Crippen MR) is 178 cm³/mol. The number of nitrogens with one attached hydrogen (secondary N) is 1. The molecule has 0 aliphatic heterocycles. The van der Waals surface area contributed by atoms with Gasteiger partial charge in [-0.15, -0.1) is 23.1 Å². The lowest BCUT2D eigenvalue weighted by Gasteiger charge is -2.14. The van der Waals surface area contributed by atoms with E-state index in [9.17, 15) is 18.0 Å². The molecule has 4 rings (SSSR count). The molecule has 12 heteroatoms. The maximum absolute atomic E-state index is 13.3. The van der Waals surface area contributed by atoms with Crippen molar-refractivity contribution in [2.75, 3.05) is 17.7 Å². The zero-order chi connectivity index (χ0) is 31.9. The number of primary amides is 1. The van der Waals surface area contributed by atoms with Gasteiger partial charge in [-0.25, -0.2) is 13.4 Å². The summed E-state index contributed by atoms with van der Waals surface area (Å²) < 4.78 is 31.0. The second-order valence-electron chi connectivity index (χ2n) is 11.1. The van der Waals surface area contributed by atoms with Crippen LogP contribution in [-0.4, -0.2) is 37.6 Å². The number of aryl methyl sites for hydroxylation is 1. The molecule has 1 aromatic heterocycles. The Morgan fingerprint density at radius 1 is 1.07 bits per heavy atom. The minimum atomic E-state index is -3.48. The van der Waals surface area contributed by atoms with Crippen LogP contribution in [0, 0.1) is 0 Å². The third-order valence-corrected chi connectivity index (χ3v) is 10.6. The van der Waals surface area contributed by atoms with Gasteiger partial charge in [-0.3, -0.25) is 9.59 Å². The lowest BCUT2D eigenvalue weighted by molar-refractivity contribution is -0.119. The number of ether oxygens (including phenoxy) is 1. The second-order valence-corrected chi connectivity index (χ2v) is 15.6. The zero-order valence-corrected chi connectivity index (χ0v) is 27.8. The molecule has 1 heterocycles. The Kier molecular flexibility index (Phi) is 11.1. The van der Waals surface area contributed by atoms with E-state index >= 15 is 0 Å². The molecule has 0 spiro atoms. The number of hydrogen-bond donors (Lipinski definition) is 2. The van der Waals surface area contributed by atoms with Crippen LogP contribution in [0.1, 0.15) is 53.8 Å². The molecule has 44 heavy (non-hydrogen) atoms. The Morgan fingerprint density at radius 3 is 2.50 bits per heavy atom. The average Bonchev–Trinajstić information content (AvgIpc) is 3.46. The third kappa shape index (κ3) is 9.56. The Balaban J connectivity index is 1.44. The van der Waals surface area contributed by atoms with Gasteiger partial charge in [0.25, 0.3) is 11.8 Å². The number of amides is 2. The van der Waals surface area contributed by atoms with Gasteiger partial charge >= 0.3 is 0 Å². The van der Waals surface area contributed by atoms with Gasteiger partial charge in [0.05, 0.1) is 27.8 Å². The number of thiazole rings is 1. The highest BCUT2D eigenvalue weighted by molar-refractivity contribution is 7.98. The highest BCUT2D eigenvalue weighted by Crippen LogP contribution is 2.30. The van der Waals surface area contributed by atoms with Gasteiger partial charge in [-0.05, 0) is 73.0 Å². The fourth-order valence-electron chi connectivity index (χ4n) is 4.12. The molecule has 0 aliphatic rings. The quantitative estimate of drug-likeness (QED) is 0.148. The molecule has 0 saturated carbocycles. The van der Waals surface area contributed by atoms with Crippen molar-refractivity contribution in [2.24, 2.45) is 5.73 Å². The molecule has 0 fully saturated rings. The van der Waals surface area contributed by atoms with Gasteiger partial charge < -0.3 is 15.8 Å². The van der Waals surface area contributed by atoms with Crippen molar-refractivity contribution in [3.05, 3.63) is 99.0 Å². The average molecular weight is 672 g/mol. The largest absolute Gasteiger partial charge is 0.482 e. The van der Waals surface area contributed by atoms with E-state index in [1.165, 1.54) is 12.1 Å². The molecular formula is C32H34ClN3O5S3. The maximum atomic E-state index is 13.3. The van der Waals surface area contributed by atoms with Crippen LogP contribution in [0.4, 0.5) is 5.69 Å². The molecular weight excluding hydrogens is 638 g/mol. The van der Waals surface area contributed by atoms with Crippen LogP contribution < -0.4 is 15.8 Å². The maximum Gasteiger partial charge on any atom is 0.255 e. The molecule has 0 radical (unpaired) electrons. The van der Waals surface area contributed by atoms with Gasteiger partial charge in [0.2, 0.25) is 0 Å². The third-order valence-electron chi connectivity index (χ3n) is 6.49. The summed E-state index contributed by atoms with van der Waals surface area (Å²) in [5, 5.41) is 6.45. The van der Waals surface area contributed by atoms with Gasteiger partial charge in [-0.2, -0.15) is 0 Å². The predicted octanol–water partition coefficient (Wildman–Crippen LogP) is 6.91. The van der Waals surface area contributed by atoms with Gasteiger partial charge in [0, 0.05) is 26.3 Å². The number of rotatable bonds is 13. The second kappa shape index (κ2) is 14.6. The number of halogens is 1. The van der Waals surface area contributed by atoms with E-state index in [2.05, 4.69) is 31.5 Å². The number of hydrogen-bond acceptors (Lipinski definition) is 8. The minimum Gasteiger partial charge on any atom is -0.482 e. The van der Waals surface area contributed by atoms with E-state index < -0.39 is 15.7 Å². The minimum absolute atomic E-state index is 0.0101. The van der Waals surface area contributed by atoms with Gasteiger partial charge in [0.15, 0.2) is 16.4 Å². The molecule has 0 aliphatic carbocycles. The fraction of sp³-hybridized carbons (Fsp3) is 0.281. The van der Waals surface area contributed by atoms with Crippen LogP contribution in [0.25, 0.3) is 0 Å². The summed E-state index contributed by atoms with van der Waals surface area (Å²) in [5.74, 6) is -0.105. The topological polar surface area (TPSA) is 128 Å². The van der Waals surface area contributed by atoms with Crippen LogP contribution in [-0.2, 0) is 32.2 Å². The molecule has 4 aromatic rings. The molecule has 3 aromatic carbocycles. The van der Waals surface area contributed by atoms with E-state index in [0.717, 1.165) is 21.2 Å². The SMILES string of the molecule is CC(C)(C)c1csc(CSc2cccc(C(=O)Nc3cc(CCCS(=O)(=O)c4ccc(Cl)cc4)ccc3OCC(N)=O)c2)n1. The van der Waals surface area contributed by atoms with Gasteiger partial charge in [-0.1, -0.05) is 44.5 Å². The Bertz CT molecular complexity index is 1730.